The lowest BCUT2D eigenvalue weighted by Gasteiger charge is -2.17. The highest BCUT2D eigenvalue weighted by molar-refractivity contribution is 14.0. The lowest BCUT2D eigenvalue weighted by molar-refractivity contribution is 0.205. The van der Waals surface area contributed by atoms with Gasteiger partial charge in [0, 0.05) is 38.1 Å². The van der Waals surface area contributed by atoms with Gasteiger partial charge in [-0.1, -0.05) is 13.0 Å². The number of hydrogen-bond donors (Lipinski definition) is 2. The molecule has 0 amide bonds. The van der Waals surface area contributed by atoms with Crippen LogP contribution in [-0.2, 0) is 6.54 Å². The summed E-state index contributed by atoms with van der Waals surface area (Å²) in [6, 6.07) is 6.20. The summed E-state index contributed by atoms with van der Waals surface area (Å²) in [5.41, 5.74) is 0. The molecule has 0 spiro atoms. The zero-order chi connectivity index (χ0) is 18.6. The number of ether oxygens (including phenoxy) is 1. The number of guanidine groups is 1. The molecule has 2 N–H and O–H groups in total. The lowest BCUT2D eigenvalue weighted by atomic mass is 10.2. The molecule has 0 fully saturated rings. The topological polar surface area (TPSA) is 63.5 Å². The van der Waals surface area contributed by atoms with Gasteiger partial charge < -0.3 is 19.9 Å². The number of rotatable bonds is 10. The molecular weight excluding hydrogens is 460 g/mol. The maximum atomic E-state index is 13.3. The van der Waals surface area contributed by atoms with Gasteiger partial charge in [0.1, 0.15) is 17.7 Å². The molecule has 0 aliphatic carbocycles. The number of nitrogens with one attached hydrogen (secondary N) is 2. The van der Waals surface area contributed by atoms with Crippen LogP contribution in [0.1, 0.15) is 26.7 Å². The molecule has 0 saturated carbocycles. The number of halogens is 2. The van der Waals surface area contributed by atoms with E-state index >= 15 is 0 Å². The molecule has 27 heavy (non-hydrogen) atoms. The van der Waals surface area contributed by atoms with E-state index in [-0.39, 0.29) is 35.9 Å². The largest absolute Gasteiger partial charge is 0.488 e. The Balaban J connectivity index is 0.00000364. The van der Waals surface area contributed by atoms with Crippen molar-refractivity contribution >= 4 is 29.9 Å². The predicted molar refractivity (Wildman–Crippen MR) is 117 cm³/mol. The summed E-state index contributed by atoms with van der Waals surface area (Å²) in [5.74, 6) is 0.999. The van der Waals surface area contributed by atoms with Gasteiger partial charge in [0.15, 0.2) is 5.96 Å². The Kier molecular flexibility index (Phi) is 11.5. The van der Waals surface area contributed by atoms with Gasteiger partial charge in [-0.15, -0.1) is 24.0 Å². The molecule has 0 bridgehead atoms. The summed E-state index contributed by atoms with van der Waals surface area (Å²) in [4.78, 5) is 8.63. The monoisotopic (exact) mass is 489 g/mol. The number of benzene rings is 1. The molecule has 6 nitrogen and oxygen atoms in total. The Hall–Kier alpha value is -1.84. The lowest BCUT2D eigenvalue weighted by Crippen LogP contribution is -2.39. The van der Waals surface area contributed by atoms with Crippen molar-refractivity contribution in [2.75, 3.05) is 19.6 Å². The minimum Gasteiger partial charge on any atom is -0.488 e. The van der Waals surface area contributed by atoms with Gasteiger partial charge in [0.05, 0.1) is 12.9 Å². The van der Waals surface area contributed by atoms with Crippen molar-refractivity contribution < 1.29 is 9.13 Å². The van der Waals surface area contributed by atoms with E-state index in [0.29, 0.717) is 12.3 Å². The summed E-state index contributed by atoms with van der Waals surface area (Å²) in [6.45, 7) is 7.07. The molecule has 8 heteroatoms. The second-order valence-electron chi connectivity index (χ2n) is 5.91. The summed E-state index contributed by atoms with van der Waals surface area (Å²) in [6.07, 6.45) is 7.21. The van der Waals surface area contributed by atoms with Gasteiger partial charge in [-0.05, 0) is 31.9 Å². The van der Waals surface area contributed by atoms with Crippen LogP contribution in [0.15, 0.2) is 48.0 Å². The quantitative estimate of drug-likeness (QED) is 0.232. The Labute approximate surface area is 177 Å². The highest BCUT2D eigenvalue weighted by Crippen LogP contribution is 2.15. The molecule has 0 radical (unpaired) electrons. The molecule has 1 heterocycles. The van der Waals surface area contributed by atoms with Crippen molar-refractivity contribution in [2.45, 2.75) is 39.3 Å². The molecule has 2 aromatic rings. The summed E-state index contributed by atoms with van der Waals surface area (Å²) < 4.78 is 21.2. The number of imidazole rings is 1. The predicted octanol–water partition coefficient (Wildman–Crippen LogP) is 3.44. The van der Waals surface area contributed by atoms with Crippen LogP contribution in [-0.4, -0.2) is 41.2 Å². The van der Waals surface area contributed by atoms with Crippen LogP contribution in [0.5, 0.6) is 5.75 Å². The molecule has 1 aromatic carbocycles. The van der Waals surface area contributed by atoms with Crippen molar-refractivity contribution in [3.05, 3.63) is 48.8 Å². The van der Waals surface area contributed by atoms with E-state index in [1.807, 2.05) is 30.9 Å². The third kappa shape index (κ3) is 9.07. The van der Waals surface area contributed by atoms with E-state index in [4.69, 9.17) is 4.74 Å². The third-order valence-electron chi connectivity index (χ3n) is 3.80. The van der Waals surface area contributed by atoms with Crippen LogP contribution in [0.3, 0.4) is 0 Å². The van der Waals surface area contributed by atoms with Crippen molar-refractivity contribution in [1.82, 2.24) is 20.2 Å². The summed E-state index contributed by atoms with van der Waals surface area (Å²) in [7, 11) is 0. The van der Waals surface area contributed by atoms with Crippen molar-refractivity contribution in [3.8, 4) is 5.75 Å². The van der Waals surface area contributed by atoms with Crippen LogP contribution in [0, 0.1) is 5.82 Å². The fourth-order valence-electron chi connectivity index (χ4n) is 2.40. The number of nitrogens with zero attached hydrogens (tertiary/aromatic N) is 3. The Morgan fingerprint density at radius 3 is 2.85 bits per heavy atom. The van der Waals surface area contributed by atoms with E-state index in [1.54, 1.807) is 18.3 Å². The van der Waals surface area contributed by atoms with Crippen LogP contribution in [0.25, 0.3) is 0 Å². The van der Waals surface area contributed by atoms with E-state index in [2.05, 4.69) is 20.6 Å². The average molecular weight is 489 g/mol. The van der Waals surface area contributed by atoms with Gasteiger partial charge >= 0.3 is 0 Å². The van der Waals surface area contributed by atoms with Gasteiger partial charge in [0.25, 0.3) is 0 Å². The average Bonchev–Trinajstić information content (AvgIpc) is 3.15. The second kappa shape index (κ2) is 13.3. The van der Waals surface area contributed by atoms with Crippen molar-refractivity contribution in [3.63, 3.8) is 0 Å². The Morgan fingerprint density at radius 1 is 1.33 bits per heavy atom. The Bertz CT molecular complexity index is 666. The molecule has 1 unspecified atom stereocenters. The minimum absolute atomic E-state index is 0. The van der Waals surface area contributed by atoms with Crippen LogP contribution in [0.4, 0.5) is 4.39 Å². The SMILES string of the molecule is CCNC(=NCC(CC)Oc1cccc(F)c1)NCCCn1ccnc1.I. The van der Waals surface area contributed by atoms with E-state index in [0.717, 1.165) is 38.4 Å². The third-order valence-corrected chi connectivity index (χ3v) is 3.80. The number of aromatic nitrogens is 2. The molecule has 0 saturated heterocycles. The number of aliphatic imine (C=N–C) groups is 1. The van der Waals surface area contributed by atoms with E-state index < -0.39 is 0 Å². The minimum atomic E-state index is -0.297. The van der Waals surface area contributed by atoms with E-state index in [1.165, 1.54) is 12.1 Å². The standard InChI is InChI=1S/C19H28FN5O.HI/c1-3-17(26-18-8-5-7-16(20)13-18)14-24-19(22-4-2)23-9-6-11-25-12-10-21-15-25;/h5,7-8,10,12-13,15,17H,3-4,6,9,11,14H2,1-2H3,(H2,22,23,24);1H. The van der Waals surface area contributed by atoms with E-state index in [9.17, 15) is 4.39 Å². The molecule has 150 valence electrons. The Morgan fingerprint density at radius 2 is 2.19 bits per heavy atom. The van der Waals surface area contributed by atoms with Crippen LogP contribution < -0.4 is 15.4 Å². The number of aryl methyl sites for hydroxylation is 1. The molecule has 0 aliphatic heterocycles. The first-order chi connectivity index (χ1) is 12.7. The van der Waals surface area contributed by atoms with Gasteiger partial charge in [-0.3, -0.25) is 0 Å². The highest BCUT2D eigenvalue weighted by atomic mass is 127. The smallest absolute Gasteiger partial charge is 0.191 e. The molecule has 1 aromatic heterocycles. The molecule has 0 aliphatic rings. The van der Waals surface area contributed by atoms with Crippen LogP contribution in [0.2, 0.25) is 0 Å². The first-order valence-electron chi connectivity index (χ1n) is 9.11. The fraction of sp³-hybridized carbons (Fsp3) is 0.474. The maximum absolute atomic E-state index is 13.3. The molecular formula is C19H29FIN5O. The zero-order valence-corrected chi connectivity index (χ0v) is 18.2. The first-order valence-corrected chi connectivity index (χ1v) is 9.11. The molecule has 2 rings (SSSR count). The van der Waals surface area contributed by atoms with Gasteiger partial charge in [-0.25, -0.2) is 14.4 Å². The normalized spacial score (nSPS) is 12.2. The van der Waals surface area contributed by atoms with Gasteiger partial charge in [-0.2, -0.15) is 0 Å². The van der Waals surface area contributed by atoms with Gasteiger partial charge in [0.2, 0.25) is 0 Å². The summed E-state index contributed by atoms with van der Waals surface area (Å²) in [5, 5.41) is 6.56. The van der Waals surface area contributed by atoms with Crippen molar-refractivity contribution in [2.24, 2.45) is 4.99 Å². The molecule has 1 atom stereocenters. The first kappa shape index (κ1) is 23.2. The highest BCUT2D eigenvalue weighted by Gasteiger charge is 2.09. The van der Waals surface area contributed by atoms with Crippen LogP contribution >= 0.6 is 24.0 Å². The van der Waals surface area contributed by atoms with Crippen molar-refractivity contribution in [1.29, 1.82) is 0 Å². The summed E-state index contributed by atoms with van der Waals surface area (Å²) >= 11 is 0. The second-order valence-corrected chi connectivity index (χ2v) is 5.91. The zero-order valence-electron chi connectivity index (χ0n) is 15.9. The maximum Gasteiger partial charge on any atom is 0.191 e. The fourth-order valence-corrected chi connectivity index (χ4v) is 2.40. The number of hydrogen-bond acceptors (Lipinski definition) is 3.